The summed E-state index contributed by atoms with van der Waals surface area (Å²) in [4.78, 5) is 0. The zero-order valence-corrected chi connectivity index (χ0v) is 10.3. The molecular weight excluding hydrogens is 194 g/mol. The fourth-order valence-corrected chi connectivity index (χ4v) is 2.66. The van der Waals surface area contributed by atoms with Crippen molar-refractivity contribution in [2.75, 3.05) is 6.54 Å². The lowest BCUT2D eigenvalue weighted by Gasteiger charge is -2.34. The highest BCUT2D eigenvalue weighted by Gasteiger charge is 2.25. The van der Waals surface area contributed by atoms with Gasteiger partial charge >= 0.3 is 0 Å². The van der Waals surface area contributed by atoms with Crippen LogP contribution in [0.3, 0.4) is 0 Å². The number of benzene rings is 1. The maximum absolute atomic E-state index is 3.75. The minimum Gasteiger partial charge on any atom is -0.311 e. The Hall–Kier alpha value is -0.820. The van der Waals surface area contributed by atoms with Gasteiger partial charge in [-0.2, -0.15) is 0 Å². The van der Waals surface area contributed by atoms with Gasteiger partial charge in [0.2, 0.25) is 0 Å². The molecule has 1 nitrogen and oxygen atoms in total. The smallest absolute Gasteiger partial charge is 0.0153 e. The molecule has 16 heavy (non-hydrogen) atoms. The van der Waals surface area contributed by atoms with E-state index in [4.69, 9.17) is 0 Å². The topological polar surface area (TPSA) is 12.0 Å². The summed E-state index contributed by atoms with van der Waals surface area (Å²) in [6.07, 6.45) is 8.07. The molecule has 2 rings (SSSR count). The van der Waals surface area contributed by atoms with Crippen molar-refractivity contribution < 1.29 is 0 Å². The molecule has 0 spiro atoms. The van der Waals surface area contributed by atoms with Crippen LogP contribution in [0.2, 0.25) is 0 Å². The van der Waals surface area contributed by atoms with E-state index in [0.717, 1.165) is 13.0 Å². The zero-order valence-electron chi connectivity index (χ0n) is 10.3. The molecule has 0 unspecified atom stereocenters. The van der Waals surface area contributed by atoms with Crippen molar-refractivity contribution in [3.05, 3.63) is 35.9 Å². The highest BCUT2D eigenvalue weighted by Crippen LogP contribution is 2.27. The molecule has 1 fully saturated rings. The van der Waals surface area contributed by atoms with Crippen molar-refractivity contribution in [3.8, 4) is 0 Å². The summed E-state index contributed by atoms with van der Waals surface area (Å²) in [5.41, 5.74) is 1.85. The molecule has 1 aliphatic rings. The van der Waals surface area contributed by atoms with E-state index in [1.54, 1.807) is 0 Å². The average molecular weight is 217 g/mol. The first-order chi connectivity index (χ1) is 7.79. The van der Waals surface area contributed by atoms with Gasteiger partial charge in [-0.1, -0.05) is 49.6 Å². The molecule has 1 N–H and O–H groups in total. The van der Waals surface area contributed by atoms with Crippen molar-refractivity contribution in [2.45, 2.75) is 51.0 Å². The van der Waals surface area contributed by atoms with Crippen LogP contribution in [-0.4, -0.2) is 12.1 Å². The van der Waals surface area contributed by atoms with E-state index in [1.165, 1.54) is 37.7 Å². The highest BCUT2D eigenvalue weighted by molar-refractivity contribution is 5.14. The average Bonchev–Trinajstić information content (AvgIpc) is 2.31. The predicted molar refractivity (Wildman–Crippen MR) is 69.6 cm³/mol. The van der Waals surface area contributed by atoms with Gasteiger partial charge in [0.25, 0.3) is 0 Å². The van der Waals surface area contributed by atoms with Crippen LogP contribution in [0.25, 0.3) is 0 Å². The third-order valence-corrected chi connectivity index (χ3v) is 3.77. The summed E-state index contributed by atoms with van der Waals surface area (Å²) in [6, 6.07) is 10.8. The molecule has 0 atom stereocenters. The van der Waals surface area contributed by atoms with Crippen LogP contribution in [0.4, 0.5) is 0 Å². The molecule has 0 heterocycles. The van der Waals surface area contributed by atoms with E-state index in [1.807, 2.05) is 0 Å². The summed E-state index contributed by atoms with van der Waals surface area (Å²) >= 11 is 0. The van der Waals surface area contributed by atoms with Gasteiger partial charge in [0, 0.05) is 5.54 Å². The second-order valence-corrected chi connectivity index (χ2v) is 5.28. The van der Waals surface area contributed by atoms with Gasteiger partial charge < -0.3 is 5.32 Å². The lowest BCUT2D eigenvalue weighted by molar-refractivity contribution is 0.256. The van der Waals surface area contributed by atoms with Gasteiger partial charge in [-0.05, 0) is 38.3 Å². The molecule has 1 heteroatoms. The van der Waals surface area contributed by atoms with E-state index in [9.17, 15) is 0 Å². The Bertz CT molecular complexity index is 298. The molecule has 1 aliphatic carbocycles. The van der Waals surface area contributed by atoms with E-state index < -0.39 is 0 Å². The van der Waals surface area contributed by atoms with Gasteiger partial charge in [0.05, 0.1) is 0 Å². The summed E-state index contributed by atoms with van der Waals surface area (Å²) in [7, 11) is 0. The largest absolute Gasteiger partial charge is 0.311 e. The first-order valence-corrected chi connectivity index (χ1v) is 6.57. The number of nitrogens with one attached hydrogen (secondary N) is 1. The number of hydrogen-bond acceptors (Lipinski definition) is 1. The monoisotopic (exact) mass is 217 g/mol. The van der Waals surface area contributed by atoms with Crippen LogP contribution in [0.5, 0.6) is 0 Å². The van der Waals surface area contributed by atoms with Crippen LogP contribution >= 0.6 is 0 Å². The summed E-state index contributed by atoms with van der Waals surface area (Å²) in [6.45, 7) is 3.50. The second-order valence-electron chi connectivity index (χ2n) is 5.28. The Morgan fingerprint density at radius 1 is 1.06 bits per heavy atom. The van der Waals surface area contributed by atoms with Gasteiger partial charge in [0.1, 0.15) is 0 Å². The minimum atomic E-state index is 0.410. The minimum absolute atomic E-state index is 0.410. The Kier molecular flexibility index (Phi) is 4.00. The van der Waals surface area contributed by atoms with Gasteiger partial charge in [-0.25, -0.2) is 0 Å². The Morgan fingerprint density at radius 3 is 2.44 bits per heavy atom. The third kappa shape index (κ3) is 3.34. The molecule has 88 valence electrons. The summed E-state index contributed by atoms with van der Waals surface area (Å²) < 4.78 is 0. The Balaban J connectivity index is 1.75. The van der Waals surface area contributed by atoms with Crippen molar-refractivity contribution >= 4 is 0 Å². The lowest BCUT2D eigenvalue weighted by atomic mass is 9.83. The lowest BCUT2D eigenvalue weighted by Crippen LogP contribution is -2.44. The third-order valence-electron chi connectivity index (χ3n) is 3.77. The SMILES string of the molecule is CC1(NCCc2ccccc2)CCCCC1. The maximum atomic E-state index is 3.75. The quantitative estimate of drug-likeness (QED) is 0.813. The van der Waals surface area contributed by atoms with E-state index in [2.05, 4.69) is 42.6 Å². The molecule has 0 amide bonds. The molecule has 0 aliphatic heterocycles. The van der Waals surface area contributed by atoms with Crippen LogP contribution in [-0.2, 0) is 6.42 Å². The van der Waals surface area contributed by atoms with Gasteiger partial charge in [-0.15, -0.1) is 0 Å². The first-order valence-electron chi connectivity index (χ1n) is 6.57. The van der Waals surface area contributed by atoms with Gasteiger partial charge in [-0.3, -0.25) is 0 Å². The van der Waals surface area contributed by atoms with Crippen LogP contribution < -0.4 is 5.32 Å². The number of hydrogen-bond donors (Lipinski definition) is 1. The van der Waals surface area contributed by atoms with E-state index >= 15 is 0 Å². The first kappa shape index (κ1) is 11.7. The van der Waals surface area contributed by atoms with E-state index in [0.29, 0.717) is 5.54 Å². The van der Waals surface area contributed by atoms with Crippen LogP contribution in [0, 0.1) is 0 Å². The van der Waals surface area contributed by atoms with Crippen molar-refractivity contribution in [1.29, 1.82) is 0 Å². The fraction of sp³-hybridized carbons (Fsp3) is 0.600. The van der Waals surface area contributed by atoms with Crippen molar-refractivity contribution in [3.63, 3.8) is 0 Å². The molecule has 1 aromatic rings. The molecule has 0 aromatic heterocycles. The molecule has 0 radical (unpaired) electrons. The van der Waals surface area contributed by atoms with Crippen LogP contribution in [0.15, 0.2) is 30.3 Å². The number of rotatable bonds is 4. The summed E-state index contributed by atoms with van der Waals surface area (Å²) in [5, 5.41) is 3.75. The van der Waals surface area contributed by atoms with Crippen LogP contribution in [0.1, 0.15) is 44.6 Å². The summed E-state index contributed by atoms with van der Waals surface area (Å²) in [5.74, 6) is 0. The highest BCUT2D eigenvalue weighted by atomic mass is 15.0. The van der Waals surface area contributed by atoms with Crippen molar-refractivity contribution in [1.82, 2.24) is 5.32 Å². The normalized spacial score (nSPS) is 19.6. The van der Waals surface area contributed by atoms with Gasteiger partial charge in [0.15, 0.2) is 0 Å². The van der Waals surface area contributed by atoms with E-state index in [-0.39, 0.29) is 0 Å². The molecular formula is C15H23N. The predicted octanol–water partition coefficient (Wildman–Crippen LogP) is 3.54. The molecule has 0 bridgehead atoms. The maximum Gasteiger partial charge on any atom is 0.0153 e. The zero-order chi connectivity index (χ0) is 11.3. The second kappa shape index (κ2) is 5.49. The molecule has 1 saturated carbocycles. The standard InChI is InChI=1S/C15H23N/c1-15(11-6-3-7-12-15)16-13-10-14-8-4-2-5-9-14/h2,4-5,8-9,16H,3,6-7,10-13H2,1H3. The molecule has 1 aromatic carbocycles. The Morgan fingerprint density at radius 2 is 1.75 bits per heavy atom. The van der Waals surface area contributed by atoms with Crippen molar-refractivity contribution in [2.24, 2.45) is 0 Å². The fourth-order valence-electron chi connectivity index (χ4n) is 2.66. The Labute approximate surface area is 99.3 Å². The molecule has 0 saturated heterocycles.